The number of aliphatic imine (C=N–C) groups is 1. The Labute approximate surface area is 236 Å². The average molecular weight is 544 g/mol. The Bertz CT molecular complexity index is 1720. The van der Waals surface area contributed by atoms with Gasteiger partial charge in [-0.05, 0) is 53.9 Å². The maximum Gasteiger partial charge on any atom is 0.269 e. The fraction of sp³-hybridized carbons (Fsp3) is 0.0909. The van der Waals surface area contributed by atoms with Crippen molar-refractivity contribution in [2.45, 2.75) is 13.5 Å². The van der Waals surface area contributed by atoms with Crippen LogP contribution in [0, 0.1) is 21.4 Å². The van der Waals surface area contributed by atoms with Crippen LogP contribution in [-0.2, 0) is 6.61 Å². The first-order chi connectivity index (χ1) is 20.1. The molecule has 0 radical (unpaired) electrons. The smallest absolute Gasteiger partial charge is 0.269 e. The minimum absolute atomic E-state index is 0.0234. The minimum Gasteiger partial charge on any atom is -0.490 e. The minimum atomic E-state index is -0.439. The van der Waals surface area contributed by atoms with E-state index in [1.807, 2.05) is 73.7 Å². The molecule has 0 bridgehead atoms. The van der Waals surface area contributed by atoms with Crippen LogP contribution in [0.2, 0.25) is 0 Å². The van der Waals surface area contributed by atoms with Gasteiger partial charge in [-0.1, -0.05) is 60.7 Å². The molecule has 202 valence electrons. The molecule has 0 atom stereocenters. The van der Waals surface area contributed by atoms with Crippen LogP contribution in [0.15, 0.2) is 113 Å². The SMILES string of the molecule is CCOc1cc(C=Nc2oc(-c3ccccc3)c(-c3ccccc3)c2C#N)ccc1OCc1ccc([N+](=O)[O-])cc1. The van der Waals surface area contributed by atoms with Gasteiger partial charge < -0.3 is 13.9 Å². The van der Waals surface area contributed by atoms with Crippen molar-refractivity contribution in [2.75, 3.05) is 6.61 Å². The lowest BCUT2D eigenvalue weighted by atomic mass is 9.98. The number of non-ortho nitro benzene ring substituents is 1. The number of nitriles is 1. The summed E-state index contributed by atoms with van der Waals surface area (Å²) < 4.78 is 17.9. The van der Waals surface area contributed by atoms with Crippen LogP contribution >= 0.6 is 0 Å². The van der Waals surface area contributed by atoms with E-state index in [9.17, 15) is 15.4 Å². The number of rotatable bonds is 10. The van der Waals surface area contributed by atoms with Crippen molar-refractivity contribution in [1.82, 2.24) is 0 Å². The lowest BCUT2D eigenvalue weighted by Gasteiger charge is -2.12. The molecular formula is C33H25N3O5. The fourth-order valence-electron chi connectivity index (χ4n) is 4.29. The maximum absolute atomic E-state index is 10.9. The van der Waals surface area contributed by atoms with Crippen LogP contribution < -0.4 is 9.47 Å². The Morgan fingerprint density at radius 1 is 0.902 bits per heavy atom. The molecule has 1 heterocycles. The zero-order valence-electron chi connectivity index (χ0n) is 22.2. The number of furan rings is 1. The van der Waals surface area contributed by atoms with Gasteiger partial charge in [0.05, 0.1) is 11.5 Å². The van der Waals surface area contributed by atoms with Gasteiger partial charge in [0.2, 0.25) is 5.88 Å². The van der Waals surface area contributed by atoms with Crippen LogP contribution in [-0.4, -0.2) is 17.7 Å². The summed E-state index contributed by atoms with van der Waals surface area (Å²) in [5.41, 5.74) is 4.28. The molecule has 41 heavy (non-hydrogen) atoms. The molecule has 8 nitrogen and oxygen atoms in total. The third-order valence-corrected chi connectivity index (χ3v) is 6.24. The van der Waals surface area contributed by atoms with Crippen molar-refractivity contribution >= 4 is 17.8 Å². The lowest BCUT2D eigenvalue weighted by Crippen LogP contribution is -2.00. The lowest BCUT2D eigenvalue weighted by molar-refractivity contribution is -0.384. The van der Waals surface area contributed by atoms with Gasteiger partial charge >= 0.3 is 0 Å². The molecule has 0 fully saturated rings. The molecule has 0 saturated heterocycles. The largest absolute Gasteiger partial charge is 0.490 e. The Balaban J connectivity index is 1.44. The predicted octanol–water partition coefficient (Wildman–Crippen LogP) is 8.12. The van der Waals surface area contributed by atoms with Crippen molar-refractivity contribution < 1.29 is 18.8 Å². The molecule has 0 N–H and O–H groups in total. The molecule has 1 aromatic heterocycles. The number of hydrogen-bond acceptors (Lipinski definition) is 7. The fourth-order valence-corrected chi connectivity index (χ4v) is 4.29. The number of nitro benzene ring substituents is 1. The van der Waals surface area contributed by atoms with E-state index in [0.717, 1.165) is 22.3 Å². The van der Waals surface area contributed by atoms with E-state index < -0.39 is 4.92 Å². The third kappa shape index (κ3) is 6.15. The zero-order valence-corrected chi connectivity index (χ0v) is 22.2. The highest BCUT2D eigenvalue weighted by atomic mass is 16.6. The van der Waals surface area contributed by atoms with Gasteiger partial charge in [-0.15, -0.1) is 0 Å². The maximum atomic E-state index is 10.9. The van der Waals surface area contributed by atoms with Gasteiger partial charge in [-0.25, -0.2) is 4.99 Å². The second-order valence-electron chi connectivity index (χ2n) is 8.94. The normalized spacial score (nSPS) is 10.8. The molecule has 0 aliphatic heterocycles. The second kappa shape index (κ2) is 12.5. The van der Waals surface area contributed by atoms with Crippen molar-refractivity contribution in [1.29, 1.82) is 5.26 Å². The Morgan fingerprint density at radius 3 is 2.22 bits per heavy atom. The van der Waals surface area contributed by atoms with Crippen LogP contribution in [0.25, 0.3) is 22.5 Å². The van der Waals surface area contributed by atoms with Gasteiger partial charge in [-0.3, -0.25) is 10.1 Å². The van der Waals surface area contributed by atoms with Crippen LogP contribution in [0.5, 0.6) is 11.5 Å². The predicted molar refractivity (Wildman–Crippen MR) is 157 cm³/mol. The van der Waals surface area contributed by atoms with Gasteiger partial charge in [0, 0.05) is 29.5 Å². The highest BCUT2D eigenvalue weighted by molar-refractivity contribution is 5.90. The summed E-state index contributed by atoms with van der Waals surface area (Å²) in [6.45, 7) is 2.51. The molecule has 0 aliphatic carbocycles. The van der Waals surface area contributed by atoms with Crippen molar-refractivity contribution in [3.63, 3.8) is 0 Å². The Kier molecular flexibility index (Phi) is 8.17. The highest BCUT2D eigenvalue weighted by Crippen LogP contribution is 2.42. The molecule has 5 aromatic rings. The van der Waals surface area contributed by atoms with E-state index in [1.165, 1.54) is 12.1 Å². The summed E-state index contributed by atoms with van der Waals surface area (Å²) in [7, 11) is 0. The van der Waals surface area contributed by atoms with Gasteiger partial charge in [0.15, 0.2) is 11.5 Å². The molecule has 8 heteroatoms. The number of nitrogens with zero attached hydrogens (tertiary/aromatic N) is 3. The second-order valence-corrected chi connectivity index (χ2v) is 8.94. The topological polar surface area (TPSA) is 111 Å². The highest BCUT2D eigenvalue weighted by Gasteiger charge is 2.22. The first-order valence-corrected chi connectivity index (χ1v) is 12.9. The first-order valence-electron chi connectivity index (χ1n) is 12.9. The summed E-state index contributed by atoms with van der Waals surface area (Å²) in [5.74, 6) is 1.83. The third-order valence-electron chi connectivity index (χ3n) is 6.24. The van der Waals surface area contributed by atoms with E-state index in [-0.39, 0.29) is 18.2 Å². The molecule has 0 unspecified atom stereocenters. The van der Waals surface area contributed by atoms with Crippen LogP contribution in [0.1, 0.15) is 23.6 Å². The molecule has 0 aliphatic rings. The summed E-state index contributed by atoms with van der Waals surface area (Å²) in [6.07, 6.45) is 1.62. The van der Waals surface area contributed by atoms with Gasteiger partial charge in [0.25, 0.3) is 5.69 Å². The summed E-state index contributed by atoms with van der Waals surface area (Å²) in [4.78, 5) is 15.0. The van der Waals surface area contributed by atoms with Gasteiger partial charge in [0.1, 0.15) is 24.0 Å². The van der Waals surface area contributed by atoms with E-state index in [2.05, 4.69) is 11.1 Å². The molecule has 5 rings (SSSR count). The van der Waals surface area contributed by atoms with Crippen molar-refractivity contribution in [2.24, 2.45) is 4.99 Å². The Hall–Kier alpha value is -5.68. The van der Waals surface area contributed by atoms with E-state index in [0.29, 0.717) is 35.0 Å². The molecule has 0 saturated carbocycles. The number of nitro groups is 1. The van der Waals surface area contributed by atoms with E-state index in [4.69, 9.17) is 13.9 Å². The molecule has 0 amide bonds. The summed E-state index contributed by atoms with van der Waals surface area (Å²) >= 11 is 0. The molecular weight excluding hydrogens is 518 g/mol. The monoisotopic (exact) mass is 543 g/mol. The average Bonchev–Trinajstić information content (AvgIpc) is 3.39. The first kappa shape index (κ1) is 26.9. The zero-order chi connectivity index (χ0) is 28.6. The summed E-state index contributed by atoms with van der Waals surface area (Å²) in [6, 6.07) is 33.1. The quantitative estimate of drug-likeness (QED) is 0.0999. The van der Waals surface area contributed by atoms with E-state index >= 15 is 0 Å². The standard InChI is InChI=1S/C33H25N3O5/c1-2-39-30-19-24(15-18-29(30)40-22-23-13-16-27(17-14-23)36(37)38)21-35-33-28(20-34)31(25-9-5-3-6-10-25)32(41-33)26-11-7-4-8-12-26/h3-19,21H,2,22H2,1H3. The Morgan fingerprint density at radius 2 is 1.59 bits per heavy atom. The van der Waals surface area contributed by atoms with E-state index in [1.54, 1.807) is 30.5 Å². The van der Waals surface area contributed by atoms with Crippen molar-refractivity contribution in [3.05, 3.63) is 130 Å². The number of hydrogen-bond donors (Lipinski definition) is 0. The van der Waals surface area contributed by atoms with Crippen LogP contribution in [0.3, 0.4) is 0 Å². The molecule has 4 aromatic carbocycles. The van der Waals surface area contributed by atoms with Gasteiger partial charge in [-0.2, -0.15) is 5.26 Å². The number of benzene rings is 4. The summed E-state index contributed by atoms with van der Waals surface area (Å²) in [5, 5.41) is 21.0. The number of ether oxygens (including phenoxy) is 2. The van der Waals surface area contributed by atoms with Crippen molar-refractivity contribution in [3.8, 4) is 40.0 Å². The van der Waals surface area contributed by atoms with Crippen LogP contribution in [0.4, 0.5) is 11.6 Å². The molecule has 0 spiro atoms.